The van der Waals surface area contributed by atoms with Crippen molar-refractivity contribution < 1.29 is 19.2 Å². The molecule has 38 heavy (non-hydrogen) atoms. The van der Waals surface area contributed by atoms with E-state index in [-0.39, 0.29) is 17.7 Å². The van der Waals surface area contributed by atoms with Gasteiger partial charge < -0.3 is 14.5 Å². The zero-order valence-corrected chi connectivity index (χ0v) is 20.7. The molecule has 0 radical (unpaired) electrons. The minimum atomic E-state index is -0.639. The summed E-state index contributed by atoms with van der Waals surface area (Å²) in [5, 5.41) is 3.80. The molecule has 4 aromatic rings. The van der Waals surface area contributed by atoms with Crippen LogP contribution in [0.3, 0.4) is 0 Å². The van der Waals surface area contributed by atoms with Gasteiger partial charge in [-0.2, -0.15) is 0 Å². The molecule has 1 saturated heterocycles. The van der Waals surface area contributed by atoms with Crippen molar-refractivity contribution in [2.45, 2.75) is 6.92 Å². The Labute approximate surface area is 220 Å². The summed E-state index contributed by atoms with van der Waals surface area (Å²) < 4.78 is 5.68. The molecular formula is C31H25N3O4. The average Bonchev–Trinajstić information content (AvgIpc) is 3.28. The highest BCUT2D eigenvalue weighted by atomic mass is 16.7. The van der Waals surface area contributed by atoms with Crippen LogP contribution in [0.15, 0.2) is 126 Å². The number of ether oxygens (including phenoxy) is 1. The first-order valence-electron chi connectivity index (χ1n) is 12.2. The molecule has 7 nitrogen and oxygen atoms in total. The van der Waals surface area contributed by atoms with Gasteiger partial charge in [0.25, 0.3) is 5.91 Å². The van der Waals surface area contributed by atoms with Crippen molar-refractivity contribution in [2.24, 2.45) is 5.16 Å². The van der Waals surface area contributed by atoms with Gasteiger partial charge in [-0.15, -0.1) is 0 Å². The minimum absolute atomic E-state index is 0.0796. The lowest BCUT2D eigenvalue weighted by molar-refractivity contribution is -0.122. The Hall–Kier alpha value is -5.17. The average molecular weight is 504 g/mol. The van der Waals surface area contributed by atoms with Crippen LogP contribution in [-0.2, 0) is 14.4 Å². The van der Waals surface area contributed by atoms with Crippen LogP contribution in [0.5, 0.6) is 0 Å². The van der Waals surface area contributed by atoms with Crippen molar-refractivity contribution in [3.05, 3.63) is 132 Å². The van der Waals surface area contributed by atoms with Crippen molar-refractivity contribution in [3.8, 4) is 0 Å². The first-order valence-corrected chi connectivity index (χ1v) is 12.2. The molecule has 1 aliphatic heterocycles. The second kappa shape index (κ2) is 11.3. The second-order valence-corrected chi connectivity index (χ2v) is 8.38. The van der Waals surface area contributed by atoms with Crippen molar-refractivity contribution in [2.75, 3.05) is 11.4 Å². The number of para-hydroxylation sites is 2. The summed E-state index contributed by atoms with van der Waals surface area (Å²) in [7, 11) is 0. The smallest absolute Gasteiger partial charge is 0.365 e. The highest BCUT2D eigenvalue weighted by molar-refractivity contribution is 6.11. The minimum Gasteiger partial charge on any atom is -0.418 e. The zero-order chi connectivity index (χ0) is 26.3. The van der Waals surface area contributed by atoms with Crippen LogP contribution in [0.4, 0.5) is 17.1 Å². The number of carbonyl (C=O) groups is 2. The lowest BCUT2D eigenvalue weighted by Gasteiger charge is -2.25. The summed E-state index contributed by atoms with van der Waals surface area (Å²) in [6.07, 6.45) is 1.64. The summed E-state index contributed by atoms with van der Waals surface area (Å²) in [4.78, 5) is 33.6. The SMILES string of the molecule is CCN1C(=O)C(=Cc2ccc(N(c3ccccc3)c3ccccc3)cc2)OC1=NOC(=O)c1ccccc1. The maximum absolute atomic E-state index is 12.9. The van der Waals surface area contributed by atoms with Crippen LogP contribution >= 0.6 is 0 Å². The molecule has 1 amide bonds. The number of amides is 1. The van der Waals surface area contributed by atoms with E-state index in [1.165, 1.54) is 4.90 Å². The fourth-order valence-corrected chi connectivity index (χ4v) is 4.03. The second-order valence-electron chi connectivity index (χ2n) is 8.38. The van der Waals surface area contributed by atoms with E-state index >= 15 is 0 Å². The summed E-state index contributed by atoms with van der Waals surface area (Å²) in [6.45, 7) is 2.09. The molecule has 0 unspecified atom stereocenters. The number of hydrogen-bond acceptors (Lipinski definition) is 6. The number of rotatable bonds is 7. The third-order valence-electron chi connectivity index (χ3n) is 5.90. The van der Waals surface area contributed by atoms with E-state index in [0.29, 0.717) is 12.1 Å². The normalized spacial score (nSPS) is 15.0. The molecule has 1 aliphatic rings. The molecule has 0 atom stereocenters. The van der Waals surface area contributed by atoms with E-state index in [9.17, 15) is 9.59 Å². The van der Waals surface area contributed by atoms with Gasteiger partial charge in [-0.1, -0.05) is 66.7 Å². The topological polar surface area (TPSA) is 71.4 Å². The molecule has 0 spiro atoms. The maximum Gasteiger partial charge on any atom is 0.365 e. The van der Waals surface area contributed by atoms with Crippen LogP contribution in [0, 0.1) is 0 Å². The van der Waals surface area contributed by atoms with E-state index in [1.54, 1.807) is 43.3 Å². The number of benzene rings is 4. The van der Waals surface area contributed by atoms with Gasteiger partial charge >= 0.3 is 12.0 Å². The van der Waals surface area contributed by atoms with Gasteiger partial charge in [0.2, 0.25) is 0 Å². The lowest BCUT2D eigenvalue weighted by Crippen LogP contribution is -2.29. The highest BCUT2D eigenvalue weighted by Gasteiger charge is 2.34. The van der Waals surface area contributed by atoms with Gasteiger partial charge in [-0.05, 0) is 72.2 Å². The van der Waals surface area contributed by atoms with Gasteiger partial charge in [0.1, 0.15) is 0 Å². The van der Waals surface area contributed by atoms with Crippen LogP contribution in [0.2, 0.25) is 0 Å². The van der Waals surface area contributed by atoms with E-state index in [4.69, 9.17) is 9.57 Å². The largest absolute Gasteiger partial charge is 0.418 e. The number of anilines is 3. The predicted molar refractivity (Wildman–Crippen MR) is 147 cm³/mol. The molecule has 0 N–H and O–H groups in total. The Bertz CT molecular complexity index is 1430. The number of hydrogen-bond donors (Lipinski definition) is 0. The number of nitrogens with zero attached hydrogens (tertiary/aromatic N) is 3. The summed E-state index contributed by atoms with van der Waals surface area (Å²) in [5.41, 5.74) is 4.15. The third kappa shape index (κ3) is 5.32. The Balaban J connectivity index is 1.37. The van der Waals surface area contributed by atoms with Gasteiger partial charge in [0, 0.05) is 23.6 Å². The Morgan fingerprint density at radius 3 is 1.89 bits per heavy atom. The maximum atomic E-state index is 12.9. The van der Waals surface area contributed by atoms with Gasteiger partial charge in [-0.25, -0.2) is 4.79 Å². The van der Waals surface area contributed by atoms with Crippen LogP contribution in [0.25, 0.3) is 6.08 Å². The molecule has 0 saturated carbocycles. The summed E-state index contributed by atoms with van der Waals surface area (Å²) in [5.74, 6) is -0.905. The summed E-state index contributed by atoms with van der Waals surface area (Å²) in [6, 6.07) is 36.4. The predicted octanol–water partition coefficient (Wildman–Crippen LogP) is 6.50. The standard InChI is InChI=1S/C31H25N3O4/c1-2-33-29(35)28(37-31(33)32-38-30(36)24-12-6-3-7-13-24)22-23-18-20-27(21-19-23)34(25-14-8-4-9-15-25)26-16-10-5-11-17-26/h3-22H,2H2,1H3. The van der Waals surface area contributed by atoms with Crippen molar-refractivity contribution >= 4 is 41.0 Å². The van der Waals surface area contributed by atoms with Gasteiger partial charge in [0.15, 0.2) is 5.76 Å². The van der Waals surface area contributed by atoms with Crippen LogP contribution < -0.4 is 4.90 Å². The molecular weight excluding hydrogens is 478 g/mol. The van der Waals surface area contributed by atoms with Crippen molar-refractivity contribution in [1.29, 1.82) is 0 Å². The quantitative estimate of drug-likeness (QED) is 0.163. The van der Waals surface area contributed by atoms with Crippen molar-refractivity contribution in [3.63, 3.8) is 0 Å². The monoisotopic (exact) mass is 503 g/mol. The number of likely N-dealkylation sites (N-methyl/N-ethyl adjacent to an activating group) is 1. The van der Waals surface area contributed by atoms with E-state index in [1.807, 2.05) is 60.7 Å². The van der Waals surface area contributed by atoms with E-state index in [0.717, 1.165) is 22.6 Å². The van der Waals surface area contributed by atoms with Gasteiger partial charge in [-0.3, -0.25) is 9.69 Å². The number of oxime groups is 1. The molecule has 7 heteroatoms. The lowest BCUT2D eigenvalue weighted by atomic mass is 10.1. The van der Waals surface area contributed by atoms with Crippen LogP contribution in [0.1, 0.15) is 22.8 Å². The van der Waals surface area contributed by atoms with Crippen LogP contribution in [-0.4, -0.2) is 29.3 Å². The van der Waals surface area contributed by atoms with Crippen molar-refractivity contribution in [1.82, 2.24) is 4.90 Å². The molecule has 1 fully saturated rings. The summed E-state index contributed by atoms with van der Waals surface area (Å²) >= 11 is 0. The van der Waals surface area contributed by atoms with E-state index in [2.05, 4.69) is 34.3 Å². The Kier molecular flexibility index (Phi) is 7.27. The molecule has 188 valence electrons. The third-order valence-corrected chi connectivity index (χ3v) is 5.90. The highest BCUT2D eigenvalue weighted by Crippen LogP contribution is 2.34. The number of carbonyl (C=O) groups excluding carboxylic acids is 2. The first kappa shape index (κ1) is 24.5. The first-order chi connectivity index (χ1) is 18.6. The molecule has 0 aromatic heterocycles. The molecule has 5 rings (SSSR count). The Morgan fingerprint density at radius 2 is 1.34 bits per heavy atom. The molecule has 0 bridgehead atoms. The fourth-order valence-electron chi connectivity index (χ4n) is 4.03. The van der Waals surface area contributed by atoms with Gasteiger partial charge in [0.05, 0.1) is 5.56 Å². The molecule has 4 aromatic carbocycles. The Morgan fingerprint density at radius 1 is 0.816 bits per heavy atom. The molecule has 0 aliphatic carbocycles. The zero-order valence-electron chi connectivity index (χ0n) is 20.7. The van der Waals surface area contributed by atoms with E-state index < -0.39 is 5.97 Å². The molecule has 1 heterocycles. The fraction of sp³-hybridized carbons (Fsp3) is 0.0645. The number of amidine groups is 1.